The summed E-state index contributed by atoms with van der Waals surface area (Å²) < 4.78 is 12.6. The molecule has 0 saturated heterocycles. The monoisotopic (exact) mass is 548 g/mol. The molecule has 39 heavy (non-hydrogen) atoms. The fourth-order valence-corrected chi connectivity index (χ4v) is 4.25. The van der Waals surface area contributed by atoms with Crippen LogP contribution in [-0.2, 0) is 15.3 Å². The first-order valence-corrected chi connectivity index (χ1v) is 12.7. The van der Waals surface area contributed by atoms with Crippen LogP contribution in [0.2, 0.25) is 0 Å². The molecule has 3 aromatic heterocycles. The van der Waals surface area contributed by atoms with E-state index in [-0.39, 0.29) is 18.6 Å². The fourth-order valence-electron chi connectivity index (χ4n) is 3.42. The van der Waals surface area contributed by atoms with E-state index in [0.29, 0.717) is 39.0 Å². The van der Waals surface area contributed by atoms with Crippen LogP contribution in [-0.4, -0.2) is 58.8 Å². The molecular weight excluding hydrogens is 524 g/mol. The van der Waals surface area contributed by atoms with Crippen molar-refractivity contribution in [2.75, 3.05) is 11.9 Å². The van der Waals surface area contributed by atoms with Crippen LogP contribution in [0.25, 0.3) is 16.8 Å². The van der Waals surface area contributed by atoms with E-state index in [0.717, 1.165) is 12.6 Å². The number of esters is 1. The number of para-hydroxylation sites is 3. The van der Waals surface area contributed by atoms with E-state index in [9.17, 15) is 4.79 Å². The van der Waals surface area contributed by atoms with Crippen LogP contribution in [0.4, 0.5) is 12.0 Å². The lowest BCUT2D eigenvalue weighted by Crippen LogP contribution is -2.15. The van der Waals surface area contributed by atoms with Gasteiger partial charge in [-0.2, -0.15) is 9.67 Å². The molecule has 0 unspecified atom stereocenters. The number of hydrogen-bond acceptors (Lipinski definition) is 12. The maximum atomic E-state index is 12.7. The molecule has 200 valence electrons. The van der Waals surface area contributed by atoms with Crippen molar-refractivity contribution in [3.8, 4) is 5.69 Å². The van der Waals surface area contributed by atoms with Crippen LogP contribution >= 0.6 is 11.8 Å². The molecule has 0 saturated carbocycles. The molecule has 0 fully saturated rings. The Morgan fingerprint density at radius 1 is 1.08 bits per heavy atom. The topological polar surface area (TPSA) is 171 Å². The number of thioether (sulfide) groups is 1. The zero-order valence-corrected chi connectivity index (χ0v) is 22.0. The highest BCUT2D eigenvalue weighted by atomic mass is 32.2. The summed E-state index contributed by atoms with van der Waals surface area (Å²) in [6.07, 6.45) is 0. The number of rotatable bonds is 8. The first-order chi connectivity index (χ1) is 18.9. The molecule has 0 aliphatic rings. The number of carboxylic acids is 1. The van der Waals surface area contributed by atoms with Crippen molar-refractivity contribution in [3.63, 3.8) is 0 Å². The maximum absolute atomic E-state index is 12.7. The quantitative estimate of drug-likeness (QED) is 0.209. The number of aromatic nitrogens is 7. The Bertz CT molecular complexity index is 1550. The van der Waals surface area contributed by atoms with Gasteiger partial charge in [0.1, 0.15) is 11.1 Å². The number of carboxylic acid groups (broad SMARTS) is 1. The third-order valence-corrected chi connectivity index (χ3v) is 5.87. The molecule has 13 nitrogen and oxygen atoms in total. The number of anilines is 2. The highest BCUT2D eigenvalue weighted by Gasteiger charge is 2.22. The second-order valence-electron chi connectivity index (χ2n) is 7.80. The Labute approximate surface area is 226 Å². The minimum Gasteiger partial charge on any atom is -0.481 e. The molecule has 0 radical (unpaired) electrons. The molecule has 2 aromatic carbocycles. The van der Waals surface area contributed by atoms with Gasteiger partial charge in [-0.15, -0.1) is 5.10 Å². The number of aliphatic carboxylic acids is 1. The SMILES string of the molecule is CC(=O)O.CCOC(=O)c1c(C)nc(Nc2nc3ccccc3o2)nc1CSc1nnnn1-c1ccccc1. The van der Waals surface area contributed by atoms with E-state index in [2.05, 4.69) is 35.8 Å². The lowest BCUT2D eigenvalue weighted by Gasteiger charge is -2.12. The summed E-state index contributed by atoms with van der Waals surface area (Å²) in [5, 5.41) is 23.0. The van der Waals surface area contributed by atoms with Crippen molar-refractivity contribution in [2.45, 2.75) is 31.7 Å². The van der Waals surface area contributed by atoms with E-state index >= 15 is 0 Å². The smallest absolute Gasteiger partial charge is 0.341 e. The highest BCUT2D eigenvalue weighted by molar-refractivity contribution is 7.98. The van der Waals surface area contributed by atoms with Gasteiger partial charge in [-0.1, -0.05) is 42.1 Å². The van der Waals surface area contributed by atoms with Crippen LogP contribution in [0.15, 0.2) is 64.2 Å². The predicted octanol–water partition coefficient (Wildman–Crippen LogP) is 4.21. The number of nitrogens with zero attached hydrogens (tertiary/aromatic N) is 7. The van der Waals surface area contributed by atoms with Crippen molar-refractivity contribution < 1.29 is 23.8 Å². The third-order valence-electron chi connectivity index (χ3n) is 4.94. The molecule has 0 amide bonds. The maximum Gasteiger partial charge on any atom is 0.341 e. The normalized spacial score (nSPS) is 10.5. The number of carbonyl (C=O) groups excluding carboxylic acids is 1. The van der Waals surface area contributed by atoms with E-state index in [1.54, 1.807) is 18.5 Å². The Balaban J connectivity index is 0.000000826. The van der Waals surface area contributed by atoms with Gasteiger partial charge in [-0.25, -0.2) is 14.8 Å². The summed E-state index contributed by atoms with van der Waals surface area (Å²) in [6, 6.07) is 17.2. The number of carbonyl (C=O) groups is 2. The molecule has 3 heterocycles. The van der Waals surface area contributed by atoms with Gasteiger partial charge in [-0.3, -0.25) is 10.1 Å². The number of ether oxygens (including phenoxy) is 1. The van der Waals surface area contributed by atoms with Crippen LogP contribution in [0.5, 0.6) is 0 Å². The Morgan fingerprint density at radius 3 is 2.51 bits per heavy atom. The van der Waals surface area contributed by atoms with Crippen molar-refractivity contribution in [3.05, 3.63) is 71.5 Å². The molecular formula is C25H24N8O5S. The third kappa shape index (κ3) is 6.93. The lowest BCUT2D eigenvalue weighted by atomic mass is 10.2. The van der Waals surface area contributed by atoms with Gasteiger partial charge in [-0.05, 0) is 48.5 Å². The van der Waals surface area contributed by atoms with Gasteiger partial charge >= 0.3 is 12.0 Å². The average molecular weight is 549 g/mol. The van der Waals surface area contributed by atoms with Gasteiger partial charge in [0.15, 0.2) is 5.58 Å². The highest BCUT2D eigenvalue weighted by Crippen LogP contribution is 2.27. The Morgan fingerprint density at radius 2 is 1.79 bits per heavy atom. The molecule has 0 bridgehead atoms. The molecule has 5 rings (SSSR count). The number of oxazole rings is 1. The summed E-state index contributed by atoms with van der Waals surface area (Å²) in [5.41, 5.74) is 3.42. The Kier molecular flexibility index (Phi) is 8.78. The zero-order chi connectivity index (χ0) is 27.8. The zero-order valence-electron chi connectivity index (χ0n) is 21.2. The van der Waals surface area contributed by atoms with Crippen molar-refractivity contribution >= 4 is 46.8 Å². The number of nitrogens with one attached hydrogen (secondary N) is 1. The summed E-state index contributed by atoms with van der Waals surface area (Å²) in [4.78, 5) is 35.1. The van der Waals surface area contributed by atoms with Gasteiger partial charge in [0.25, 0.3) is 5.97 Å². The number of benzene rings is 2. The number of tetrazole rings is 1. The van der Waals surface area contributed by atoms with Crippen LogP contribution < -0.4 is 5.32 Å². The van der Waals surface area contributed by atoms with Crippen molar-refractivity contribution in [1.29, 1.82) is 0 Å². The van der Waals surface area contributed by atoms with E-state index in [1.165, 1.54) is 11.8 Å². The predicted molar refractivity (Wildman–Crippen MR) is 142 cm³/mol. The standard InChI is InChI=1S/C23H20N8O3S.C2H4O2/c1-3-33-20(32)19-14(2)24-21(27-22-26-16-11-7-8-12-18(16)34-22)25-17(19)13-35-23-28-29-30-31(23)15-9-5-4-6-10-15;1-2(3)4/h4-12H,3,13H2,1-2H3,(H,24,25,26,27);1H3,(H,3,4). The fraction of sp³-hybridized carbons (Fsp3) is 0.200. The largest absolute Gasteiger partial charge is 0.481 e. The summed E-state index contributed by atoms with van der Waals surface area (Å²) in [5.74, 6) is -0.774. The first kappa shape index (κ1) is 27.2. The molecule has 0 spiro atoms. The lowest BCUT2D eigenvalue weighted by molar-refractivity contribution is -0.134. The first-order valence-electron chi connectivity index (χ1n) is 11.7. The van der Waals surface area contributed by atoms with Crippen LogP contribution in [0.1, 0.15) is 35.6 Å². The molecule has 0 aliphatic heterocycles. The summed E-state index contributed by atoms with van der Waals surface area (Å²) >= 11 is 1.34. The van der Waals surface area contributed by atoms with Crippen LogP contribution in [0, 0.1) is 6.92 Å². The van der Waals surface area contributed by atoms with Gasteiger partial charge in [0.2, 0.25) is 11.1 Å². The number of fused-ring (bicyclic) bond motifs is 1. The Hall–Kier alpha value is -4.85. The number of aryl methyl sites for hydroxylation is 1. The number of hydrogen-bond donors (Lipinski definition) is 2. The molecule has 2 N–H and O–H groups in total. The summed E-state index contributed by atoms with van der Waals surface area (Å²) in [6.45, 7) is 4.80. The molecule has 0 aliphatic carbocycles. The molecule has 14 heteroatoms. The second-order valence-corrected chi connectivity index (χ2v) is 8.75. The van der Waals surface area contributed by atoms with E-state index in [4.69, 9.17) is 19.1 Å². The van der Waals surface area contributed by atoms with E-state index in [1.807, 2.05) is 54.6 Å². The minimum absolute atomic E-state index is 0.236. The molecule has 0 atom stereocenters. The molecule has 5 aromatic rings. The second kappa shape index (κ2) is 12.6. The van der Waals surface area contributed by atoms with Gasteiger partial charge < -0.3 is 14.3 Å². The van der Waals surface area contributed by atoms with Gasteiger partial charge in [0.05, 0.1) is 23.7 Å². The minimum atomic E-state index is -0.833. The summed E-state index contributed by atoms with van der Waals surface area (Å²) in [7, 11) is 0. The van der Waals surface area contributed by atoms with E-state index < -0.39 is 11.9 Å². The van der Waals surface area contributed by atoms with Crippen LogP contribution in [0.3, 0.4) is 0 Å². The van der Waals surface area contributed by atoms with Gasteiger partial charge in [0, 0.05) is 12.7 Å². The average Bonchev–Trinajstić information content (AvgIpc) is 3.54. The van der Waals surface area contributed by atoms with Crippen molar-refractivity contribution in [2.24, 2.45) is 0 Å². The van der Waals surface area contributed by atoms with Crippen molar-refractivity contribution in [1.82, 2.24) is 35.2 Å².